The number of anilines is 1. The average molecular weight is 395 g/mol. The van der Waals surface area contributed by atoms with Gasteiger partial charge in [-0.3, -0.25) is 0 Å². The second-order valence-electron chi connectivity index (χ2n) is 5.36. The summed E-state index contributed by atoms with van der Waals surface area (Å²) in [5.74, 6) is 0.202. The molecule has 1 aromatic carbocycles. The Morgan fingerprint density at radius 2 is 1.84 bits per heavy atom. The van der Waals surface area contributed by atoms with Gasteiger partial charge in [-0.2, -0.15) is 0 Å². The van der Waals surface area contributed by atoms with Crippen molar-refractivity contribution >= 4 is 36.5 Å². The van der Waals surface area contributed by atoms with E-state index in [1.807, 2.05) is 12.1 Å². The molecule has 0 spiro atoms. The molecule has 7 heteroatoms. The third-order valence-electron chi connectivity index (χ3n) is 3.82. The Morgan fingerprint density at radius 1 is 1.16 bits per heavy atom. The van der Waals surface area contributed by atoms with Crippen molar-refractivity contribution in [2.45, 2.75) is 33.6 Å². The zero-order chi connectivity index (χ0) is 17.1. The van der Waals surface area contributed by atoms with Crippen molar-refractivity contribution in [3.63, 3.8) is 0 Å². The van der Waals surface area contributed by atoms with Crippen LogP contribution in [0.25, 0.3) is 0 Å². The summed E-state index contributed by atoms with van der Waals surface area (Å²) in [6, 6.07) is 5.49. The molecule has 0 saturated carbocycles. The minimum absolute atomic E-state index is 0. The summed E-state index contributed by atoms with van der Waals surface area (Å²) < 4.78 is 10.7. The lowest BCUT2D eigenvalue weighted by Crippen LogP contribution is -2.28. The van der Waals surface area contributed by atoms with Crippen LogP contribution in [-0.4, -0.2) is 50.8 Å². The summed E-state index contributed by atoms with van der Waals surface area (Å²) in [7, 11) is 1.57. The summed E-state index contributed by atoms with van der Waals surface area (Å²) in [6.45, 7) is 10.3. The molecule has 0 unspecified atom stereocenters. The predicted molar refractivity (Wildman–Crippen MR) is 109 cm³/mol. The first-order chi connectivity index (χ1) is 11.2. The molecule has 0 amide bonds. The van der Waals surface area contributed by atoms with E-state index in [0.717, 1.165) is 44.7 Å². The molecule has 0 fully saturated rings. The molecular weight excluding hydrogens is 363 g/mol. The van der Waals surface area contributed by atoms with Crippen molar-refractivity contribution in [3.8, 4) is 5.75 Å². The Morgan fingerprint density at radius 3 is 2.40 bits per heavy atom. The van der Waals surface area contributed by atoms with Gasteiger partial charge in [-0.25, -0.2) is 4.79 Å². The maximum Gasteiger partial charge on any atom is 0.341 e. The van der Waals surface area contributed by atoms with E-state index in [4.69, 9.17) is 9.47 Å². The van der Waals surface area contributed by atoms with Gasteiger partial charge in [0.05, 0.1) is 7.11 Å². The molecule has 146 valence electrons. The molecule has 25 heavy (non-hydrogen) atoms. The molecule has 1 aromatic rings. The number of halogens is 2. The van der Waals surface area contributed by atoms with Gasteiger partial charge in [-0.1, -0.05) is 27.2 Å². The van der Waals surface area contributed by atoms with E-state index >= 15 is 0 Å². The number of nitrogens with one attached hydrogen (secondary N) is 1. The fourth-order valence-electron chi connectivity index (χ4n) is 2.26. The standard InChI is InChI=1S/C18H30N2O3.2ClH/c1-5-8-11-19-15-9-10-16(17(14-15)22-4)18(21)23-13-12-20(6-2)7-3;;/h9-10,14,19H,5-8,11-13H2,1-4H3;2*1H. The van der Waals surface area contributed by atoms with Crippen LogP contribution in [0.1, 0.15) is 44.0 Å². The Balaban J connectivity index is 0. The number of methoxy groups -OCH3 is 1. The van der Waals surface area contributed by atoms with Crippen molar-refractivity contribution < 1.29 is 14.3 Å². The number of carbonyl (C=O) groups excluding carboxylic acids is 1. The number of benzene rings is 1. The Labute approximate surface area is 164 Å². The van der Waals surface area contributed by atoms with E-state index in [0.29, 0.717) is 17.9 Å². The van der Waals surface area contributed by atoms with Gasteiger partial charge in [-0.15, -0.1) is 24.8 Å². The molecule has 0 aliphatic rings. The number of hydrogen-bond acceptors (Lipinski definition) is 5. The molecule has 0 saturated heterocycles. The Kier molecular flexibility index (Phi) is 15.8. The van der Waals surface area contributed by atoms with Crippen molar-refractivity contribution in [1.29, 1.82) is 0 Å². The maximum atomic E-state index is 12.2. The topological polar surface area (TPSA) is 50.8 Å². The van der Waals surface area contributed by atoms with E-state index in [1.54, 1.807) is 13.2 Å². The summed E-state index contributed by atoms with van der Waals surface area (Å²) in [5, 5.41) is 3.32. The van der Waals surface area contributed by atoms with E-state index < -0.39 is 0 Å². The lowest BCUT2D eigenvalue weighted by atomic mass is 10.1. The summed E-state index contributed by atoms with van der Waals surface area (Å²) in [6.07, 6.45) is 2.25. The summed E-state index contributed by atoms with van der Waals surface area (Å²) >= 11 is 0. The zero-order valence-electron chi connectivity index (χ0n) is 15.7. The minimum atomic E-state index is -0.339. The van der Waals surface area contributed by atoms with E-state index in [9.17, 15) is 4.79 Å². The molecule has 0 aliphatic carbocycles. The fourth-order valence-corrected chi connectivity index (χ4v) is 2.26. The van der Waals surface area contributed by atoms with E-state index in [-0.39, 0.29) is 30.8 Å². The van der Waals surface area contributed by atoms with Gasteiger partial charge >= 0.3 is 5.97 Å². The second kappa shape index (κ2) is 15.1. The van der Waals surface area contributed by atoms with E-state index in [2.05, 4.69) is 31.0 Å². The minimum Gasteiger partial charge on any atom is -0.496 e. The van der Waals surface area contributed by atoms with Crippen LogP contribution >= 0.6 is 24.8 Å². The number of ether oxygens (including phenoxy) is 2. The van der Waals surface area contributed by atoms with Crippen LogP contribution in [0.5, 0.6) is 5.75 Å². The van der Waals surface area contributed by atoms with Crippen LogP contribution in [0.15, 0.2) is 18.2 Å². The molecule has 1 N–H and O–H groups in total. The number of unbranched alkanes of at least 4 members (excludes halogenated alkanes) is 1. The fraction of sp³-hybridized carbons (Fsp3) is 0.611. The molecule has 0 aromatic heterocycles. The van der Waals surface area contributed by atoms with Crippen LogP contribution < -0.4 is 10.1 Å². The normalized spacial score (nSPS) is 9.80. The van der Waals surface area contributed by atoms with Crippen LogP contribution in [0, 0.1) is 0 Å². The number of esters is 1. The lowest BCUT2D eigenvalue weighted by molar-refractivity contribution is 0.0463. The smallest absolute Gasteiger partial charge is 0.341 e. The van der Waals surface area contributed by atoms with Gasteiger partial charge in [-0.05, 0) is 31.6 Å². The van der Waals surface area contributed by atoms with Crippen LogP contribution in [0.2, 0.25) is 0 Å². The van der Waals surface area contributed by atoms with Crippen molar-refractivity contribution in [2.75, 3.05) is 45.2 Å². The highest BCUT2D eigenvalue weighted by Crippen LogP contribution is 2.24. The van der Waals surface area contributed by atoms with Gasteiger partial charge in [0.2, 0.25) is 0 Å². The van der Waals surface area contributed by atoms with Gasteiger partial charge in [0.25, 0.3) is 0 Å². The number of carbonyl (C=O) groups is 1. The molecule has 0 atom stereocenters. The van der Waals surface area contributed by atoms with Gasteiger partial charge in [0, 0.05) is 24.8 Å². The molecule has 1 rings (SSSR count). The van der Waals surface area contributed by atoms with E-state index in [1.165, 1.54) is 0 Å². The van der Waals surface area contributed by atoms with Gasteiger partial charge < -0.3 is 19.7 Å². The molecule has 5 nitrogen and oxygen atoms in total. The molecule has 0 aliphatic heterocycles. The molecular formula is C18H32Cl2N2O3. The molecule has 0 bridgehead atoms. The predicted octanol–water partition coefficient (Wildman–Crippen LogP) is 4.25. The molecule has 0 radical (unpaired) electrons. The van der Waals surface area contributed by atoms with Crippen LogP contribution in [-0.2, 0) is 4.74 Å². The Bertz CT molecular complexity index is 483. The maximum absolute atomic E-state index is 12.2. The zero-order valence-corrected chi connectivity index (χ0v) is 17.3. The monoisotopic (exact) mass is 394 g/mol. The second-order valence-corrected chi connectivity index (χ2v) is 5.36. The third kappa shape index (κ3) is 9.19. The first-order valence-corrected chi connectivity index (χ1v) is 8.47. The first-order valence-electron chi connectivity index (χ1n) is 8.47. The summed E-state index contributed by atoms with van der Waals surface area (Å²) in [5.41, 5.74) is 1.42. The van der Waals surface area contributed by atoms with Crippen LogP contribution in [0.4, 0.5) is 5.69 Å². The van der Waals surface area contributed by atoms with Crippen LogP contribution in [0.3, 0.4) is 0 Å². The SMILES string of the molecule is CCCCNc1ccc(C(=O)OCCN(CC)CC)c(OC)c1.Cl.Cl. The third-order valence-corrected chi connectivity index (χ3v) is 3.82. The summed E-state index contributed by atoms with van der Waals surface area (Å²) in [4.78, 5) is 14.4. The van der Waals surface area contributed by atoms with Gasteiger partial charge in [0.15, 0.2) is 0 Å². The molecule has 0 heterocycles. The average Bonchev–Trinajstić information content (AvgIpc) is 2.58. The van der Waals surface area contributed by atoms with Crippen molar-refractivity contribution in [1.82, 2.24) is 4.90 Å². The van der Waals surface area contributed by atoms with Crippen molar-refractivity contribution in [2.24, 2.45) is 0 Å². The largest absolute Gasteiger partial charge is 0.496 e. The number of nitrogens with zero attached hydrogens (tertiary/aromatic N) is 1. The quantitative estimate of drug-likeness (QED) is 0.449. The Hall–Kier alpha value is -1.17. The van der Waals surface area contributed by atoms with Crippen molar-refractivity contribution in [3.05, 3.63) is 23.8 Å². The lowest BCUT2D eigenvalue weighted by Gasteiger charge is -2.18. The first kappa shape index (κ1) is 26.1. The number of hydrogen-bond donors (Lipinski definition) is 1. The van der Waals surface area contributed by atoms with Gasteiger partial charge in [0.1, 0.15) is 17.9 Å². The highest BCUT2D eigenvalue weighted by molar-refractivity contribution is 5.93. The number of rotatable bonds is 11. The number of likely N-dealkylation sites (N-methyl/N-ethyl adjacent to an activating group) is 1. The highest BCUT2D eigenvalue weighted by Gasteiger charge is 2.14. The highest BCUT2D eigenvalue weighted by atomic mass is 35.5.